The summed E-state index contributed by atoms with van der Waals surface area (Å²) in [6.45, 7) is 7.35. The van der Waals surface area contributed by atoms with Gasteiger partial charge in [-0.15, -0.1) is 10.2 Å². The van der Waals surface area contributed by atoms with Crippen molar-refractivity contribution in [1.82, 2.24) is 34.8 Å². The molecule has 8 nitrogen and oxygen atoms in total. The number of H-pyrrole nitrogens is 1. The largest absolute Gasteiger partial charge is 0.368 e. The summed E-state index contributed by atoms with van der Waals surface area (Å²) >= 11 is 0. The van der Waals surface area contributed by atoms with Crippen LogP contribution in [0.25, 0.3) is 0 Å². The van der Waals surface area contributed by atoms with Crippen molar-refractivity contribution in [3.63, 3.8) is 0 Å². The molecule has 0 amide bonds. The van der Waals surface area contributed by atoms with Crippen LogP contribution in [0, 0.1) is 0 Å². The predicted octanol–water partition coefficient (Wildman–Crippen LogP) is 1.51. The molecule has 0 aromatic carbocycles. The lowest BCUT2D eigenvalue weighted by Gasteiger charge is -2.31. The van der Waals surface area contributed by atoms with Gasteiger partial charge in [-0.25, -0.2) is 4.98 Å². The van der Waals surface area contributed by atoms with Crippen LogP contribution in [0.3, 0.4) is 0 Å². The highest BCUT2D eigenvalue weighted by Crippen LogP contribution is 2.38. The molecule has 1 saturated heterocycles. The number of aromatic nitrogens is 6. The molecule has 3 heterocycles. The van der Waals surface area contributed by atoms with Crippen LogP contribution in [-0.2, 0) is 18.3 Å². The summed E-state index contributed by atoms with van der Waals surface area (Å²) in [5, 5.41) is 16.1. The van der Waals surface area contributed by atoms with E-state index in [4.69, 9.17) is 4.74 Å². The molecule has 0 bridgehead atoms. The van der Waals surface area contributed by atoms with Crippen LogP contribution in [0.2, 0.25) is 0 Å². The van der Waals surface area contributed by atoms with Gasteiger partial charge >= 0.3 is 0 Å². The second-order valence-electron chi connectivity index (χ2n) is 7.14. The van der Waals surface area contributed by atoms with Gasteiger partial charge in [0.25, 0.3) is 0 Å². The lowest BCUT2D eigenvalue weighted by Crippen LogP contribution is -2.38. The Morgan fingerprint density at radius 2 is 2.12 bits per heavy atom. The normalized spacial score (nSPS) is 22.4. The second kappa shape index (κ2) is 6.25. The van der Waals surface area contributed by atoms with E-state index in [1.807, 2.05) is 0 Å². The third kappa shape index (κ3) is 3.08. The Labute approximate surface area is 141 Å². The molecule has 2 fully saturated rings. The molecule has 8 heteroatoms. The van der Waals surface area contributed by atoms with E-state index in [9.17, 15) is 0 Å². The Morgan fingerprint density at radius 3 is 2.83 bits per heavy atom. The molecule has 1 N–H and O–H groups in total. The van der Waals surface area contributed by atoms with Crippen LogP contribution in [-0.4, -0.2) is 54.5 Å². The molecule has 2 aromatic rings. The van der Waals surface area contributed by atoms with Crippen molar-refractivity contribution in [1.29, 1.82) is 0 Å². The topological polar surface area (TPSA) is 84.8 Å². The smallest absolute Gasteiger partial charge is 0.155 e. The van der Waals surface area contributed by atoms with E-state index < -0.39 is 0 Å². The number of morpholine rings is 1. The van der Waals surface area contributed by atoms with Gasteiger partial charge in [0.15, 0.2) is 11.6 Å². The first-order chi connectivity index (χ1) is 11.6. The SMILES string of the molecule is CC(C)c1n[nH]c([C@@H]2CN(Cc3nnc(C4CC4)n3C)CCO2)n1. The van der Waals surface area contributed by atoms with Crippen LogP contribution in [0.1, 0.15) is 67.9 Å². The van der Waals surface area contributed by atoms with Crippen LogP contribution in [0.5, 0.6) is 0 Å². The third-order valence-electron chi connectivity index (χ3n) is 4.80. The highest BCUT2D eigenvalue weighted by molar-refractivity contribution is 5.08. The van der Waals surface area contributed by atoms with Gasteiger partial charge in [-0.2, -0.15) is 5.10 Å². The number of ether oxygens (including phenoxy) is 1. The van der Waals surface area contributed by atoms with Crippen LogP contribution in [0.4, 0.5) is 0 Å². The van der Waals surface area contributed by atoms with Crippen LogP contribution in [0.15, 0.2) is 0 Å². The summed E-state index contributed by atoms with van der Waals surface area (Å²) in [7, 11) is 2.08. The van der Waals surface area contributed by atoms with Gasteiger partial charge in [0.05, 0.1) is 13.2 Å². The zero-order chi connectivity index (χ0) is 16.7. The van der Waals surface area contributed by atoms with Gasteiger partial charge in [0.1, 0.15) is 17.8 Å². The van der Waals surface area contributed by atoms with Gasteiger partial charge in [-0.05, 0) is 12.8 Å². The first-order valence-corrected chi connectivity index (χ1v) is 8.76. The van der Waals surface area contributed by atoms with Crippen molar-refractivity contribution < 1.29 is 4.74 Å². The average molecular weight is 331 g/mol. The molecule has 4 rings (SSSR count). The number of nitrogens with one attached hydrogen (secondary N) is 1. The van der Waals surface area contributed by atoms with E-state index >= 15 is 0 Å². The molecule has 24 heavy (non-hydrogen) atoms. The number of hydrogen-bond acceptors (Lipinski definition) is 6. The van der Waals surface area contributed by atoms with Crippen molar-refractivity contribution in [3.05, 3.63) is 23.3 Å². The minimum absolute atomic E-state index is 0.0603. The molecule has 130 valence electrons. The Bertz CT molecular complexity index is 703. The molecule has 2 aliphatic rings. The van der Waals surface area contributed by atoms with Crippen LogP contribution < -0.4 is 0 Å². The summed E-state index contributed by atoms with van der Waals surface area (Å²) in [6, 6.07) is 0. The third-order valence-corrected chi connectivity index (χ3v) is 4.80. The summed E-state index contributed by atoms with van der Waals surface area (Å²) in [6.07, 6.45) is 2.43. The first kappa shape index (κ1) is 15.7. The van der Waals surface area contributed by atoms with Gasteiger partial charge in [-0.3, -0.25) is 10.00 Å². The first-order valence-electron chi connectivity index (χ1n) is 8.76. The van der Waals surface area contributed by atoms with E-state index in [0.717, 1.165) is 42.9 Å². The lowest BCUT2D eigenvalue weighted by molar-refractivity contribution is -0.0380. The predicted molar refractivity (Wildman–Crippen MR) is 87.4 cm³/mol. The Kier molecular flexibility index (Phi) is 4.09. The molecule has 1 atom stereocenters. The molecule has 1 aliphatic carbocycles. The van der Waals surface area contributed by atoms with E-state index in [2.05, 4.69) is 55.7 Å². The van der Waals surface area contributed by atoms with Crippen LogP contribution >= 0.6 is 0 Å². The van der Waals surface area contributed by atoms with Gasteiger partial charge in [-0.1, -0.05) is 13.8 Å². The van der Waals surface area contributed by atoms with Crippen molar-refractivity contribution in [2.75, 3.05) is 19.7 Å². The average Bonchev–Trinajstić information content (AvgIpc) is 3.17. The molecule has 0 unspecified atom stereocenters. The summed E-state index contributed by atoms with van der Waals surface area (Å²) in [5.41, 5.74) is 0. The molecule has 2 aromatic heterocycles. The molecule has 0 radical (unpaired) electrons. The van der Waals surface area contributed by atoms with Crippen molar-refractivity contribution in [3.8, 4) is 0 Å². The van der Waals surface area contributed by atoms with Crippen molar-refractivity contribution in [2.24, 2.45) is 7.05 Å². The van der Waals surface area contributed by atoms with E-state index in [1.54, 1.807) is 0 Å². The van der Waals surface area contributed by atoms with Crippen molar-refractivity contribution >= 4 is 0 Å². The molecular formula is C16H25N7O. The maximum atomic E-state index is 5.89. The Balaban J connectivity index is 1.42. The highest BCUT2D eigenvalue weighted by atomic mass is 16.5. The summed E-state index contributed by atoms with van der Waals surface area (Å²) < 4.78 is 8.05. The van der Waals surface area contributed by atoms with Gasteiger partial charge < -0.3 is 9.30 Å². The molecule has 1 aliphatic heterocycles. The standard InChI is InChI=1S/C16H25N7O/c1-10(2)14-17-15(20-19-14)12-8-23(6-7-24-12)9-13-18-21-16(22(13)3)11-4-5-11/h10-12H,4-9H2,1-3H3,(H,17,19,20)/t12-/m0/s1. The Hall–Kier alpha value is -1.80. The zero-order valence-electron chi connectivity index (χ0n) is 14.6. The number of hydrogen-bond donors (Lipinski definition) is 1. The maximum absolute atomic E-state index is 5.89. The Morgan fingerprint density at radius 1 is 1.29 bits per heavy atom. The number of nitrogens with zero attached hydrogens (tertiary/aromatic N) is 6. The fourth-order valence-corrected chi connectivity index (χ4v) is 3.11. The summed E-state index contributed by atoms with van der Waals surface area (Å²) in [5.74, 6) is 4.75. The number of aromatic amines is 1. The highest BCUT2D eigenvalue weighted by Gasteiger charge is 2.30. The van der Waals surface area contributed by atoms with Gasteiger partial charge in [0, 0.05) is 32.0 Å². The van der Waals surface area contributed by atoms with Gasteiger partial charge in [0.2, 0.25) is 0 Å². The summed E-state index contributed by atoms with van der Waals surface area (Å²) in [4.78, 5) is 6.93. The molecule has 1 saturated carbocycles. The van der Waals surface area contributed by atoms with E-state index in [1.165, 1.54) is 12.8 Å². The monoisotopic (exact) mass is 331 g/mol. The fourth-order valence-electron chi connectivity index (χ4n) is 3.11. The van der Waals surface area contributed by atoms with Crippen molar-refractivity contribution in [2.45, 2.75) is 51.2 Å². The second-order valence-corrected chi connectivity index (χ2v) is 7.14. The van der Waals surface area contributed by atoms with E-state index in [-0.39, 0.29) is 6.10 Å². The molecular weight excluding hydrogens is 306 g/mol. The minimum atomic E-state index is -0.0603. The zero-order valence-corrected chi connectivity index (χ0v) is 14.6. The van der Waals surface area contributed by atoms with E-state index in [0.29, 0.717) is 18.4 Å². The lowest BCUT2D eigenvalue weighted by atomic mass is 10.2. The molecule has 0 spiro atoms. The maximum Gasteiger partial charge on any atom is 0.155 e. The fraction of sp³-hybridized carbons (Fsp3) is 0.750. The quantitative estimate of drug-likeness (QED) is 0.894. The number of rotatable bonds is 5. The minimum Gasteiger partial charge on any atom is -0.368 e.